The van der Waals surface area contributed by atoms with E-state index in [4.69, 9.17) is 19.0 Å². The number of amides is 1. The molecule has 0 spiro atoms. The normalized spacial score (nSPS) is 21.4. The second-order valence-corrected chi connectivity index (χ2v) is 12.9. The van der Waals surface area contributed by atoms with Crippen LogP contribution in [0.5, 0.6) is 0 Å². The van der Waals surface area contributed by atoms with Crippen molar-refractivity contribution in [3.8, 4) is 0 Å². The number of aromatic amines is 1. The van der Waals surface area contributed by atoms with E-state index in [0.29, 0.717) is 83.5 Å². The van der Waals surface area contributed by atoms with E-state index in [2.05, 4.69) is 15.0 Å². The Bertz CT molecular complexity index is 1600. The number of fused-ring (bicyclic) bond motifs is 1. The van der Waals surface area contributed by atoms with Crippen LogP contribution in [0.2, 0.25) is 0 Å². The third kappa shape index (κ3) is 9.80. The van der Waals surface area contributed by atoms with Crippen LogP contribution in [-0.2, 0) is 37.8 Å². The number of aromatic nitrogens is 1. The summed E-state index contributed by atoms with van der Waals surface area (Å²) in [6.07, 6.45) is -8.02. The van der Waals surface area contributed by atoms with E-state index >= 15 is 0 Å². The van der Waals surface area contributed by atoms with Crippen molar-refractivity contribution in [2.75, 3.05) is 80.0 Å². The minimum Gasteiger partial charge on any atom is -0.394 e. The Morgan fingerprint density at radius 1 is 0.941 bits per heavy atom. The van der Waals surface area contributed by atoms with Crippen LogP contribution >= 0.6 is 0 Å². The van der Waals surface area contributed by atoms with E-state index in [0.717, 1.165) is 16.5 Å². The number of carbonyl (C=O) groups excluding carboxylic acids is 1. The molecule has 3 aromatic rings. The lowest BCUT2D eigenvalue weighted by Crippen LogP contribution is -2.56. The summed E-state index contributed by atoms with van der Waals surface area (Å²) in [5.74, 6) is -0.897. The summed E-state index contributed by atoms with van der Waals surface area (Å²) in [5.41, 5.74) is -1.33. The first-order valence-electron chi connectivity index (χ1n) is 16.6. The number of hydrogen-bond donors (Lipinski definition) is 1. The molecule has 0 radical (unpaired) electrons. The zero-order valence-electron chi connectivity index (χ0n) is 28.7. The SMILES string of the molecule is COC[C@H]1COC[C@H](COC)N1CCON=C(C)CN1CCN(C(=O)c2cc(C(F)(F)F)cc(C(F)(F)F)c2)[C@H](Cc2c[nH]c3ccccc23)C1. The number of rotatable bonds is 13. The van der Waals surface area contributed by atoms with Gasteiger partial charge in [-0.05, 0) is 43.2 Å². The molecule has 2 saturated heterocycles. The number of benzene rings is 2. The number of morpholine rings is 1. The van der Waals surface area contributed by atoms with Crippen LogP contribution in [0.1, 0.15) is 34.0 Å². The molecule has 0 bridgehead atoms. The highest BCUT2D eigenvalue weighted by Crippen LogP contribution is 2.37. The van der Waals surface area contributed by atoms with Gasteiger partial charge >= 0.3 is 12.4 Å². The molecule has 2 fully saturated rings. The first kappa shape index (κ1) is 38.5. The molecule has 2 aliphatic heterocycles. The van der Waals surface area contributed by atoms with E-state index in [1.807, 2.05) is 42.3 Å². The summed E-state index contributed by atoms with van der Waals surface area (Å²) in [4.78, 5) is 28.4. The van der Waals surface area contributed by atoms with Gasteiger partial charge in [-0.15, -0.1) is 0 Å². The number of carbonyl (C=O) groups is 1. The molecule has 16 heteroatoms. The lowest BCUT2D eigenvalue weighted by Gasteiger charge is -2.41. The molecule has 3 heterocycles. The summed E-state index contributed by atoms with van der Waals surface area (Å²) in [6.45, 7) is 5.81. The third-order valence-electron chi connectivity index (χ3n) is 9.18. The number of oxime groups is 1. The number of halogens is 6. The number of H-pyrrole nitrogens is 1. The first-order valence-corrected chi connectivity index (χ1v) is 16.6. The fourth-order valence-electron chi connectivity index (χ4n) is 6.83. The van der Waals surface area contributed by atoms with E-state index < -0.39 is 41.0 Å². The van der Waals surface area contributed by atoms with E-state index in [1.54, 1.807) is 14.2 Å². The van der Waals surface area contributed by atoms with Gasteiger partial charge in [-0.1, -0.05) is 23.4 Å². The van der Waals surface area contributed by atoms with Crippen LogP contribution in [0.3, 0.4) is 0 Å². The maximum atomic E-state index is 13.8. The molecule has 1 N–H and O–H groups in total. The van der Waals surface area contributed by atoms with Gasteiger partial charge in [0.25, 0.3) is 5.91 Å². The number of para-hydroxylation sites is 1. The van der Waals surface area contributed by atoms with Crippen LogP contribution in [0.25, 0.3) is 10.9 Å². The van der Waals surface area contributed by atoms with Crippen LogP contribution in [-0.4, -0.2) is 129 Å². The molecule has 1 aromatic heterocycles. The van der Waals surface area contributed by atoms with E-state index in [9.17, 15) is 31.1 Å². The van der Waals surface area contributed by atoms with Crippen molar-refractivity contribution in [2.45, 2.75) is 43.8 Å². The van der Waals surface area contributed by atoms with Gasteiger partial charge in [-0.2, -0.15) is 26.3 Å². The highest BCUT2D eigenvalue weighted by atomic mass is 19.4. The number of nitrogens with zero attached hydrogens (tertiary/aromatic N) is 4. The Labute approximate surface area is 292 Å². The average molecular weight is 728 g/mol. The summed E-state index contributed by atoms with van der Waals surface area (Å²) in [5, 5.41) is 5.22. The molecule has 280 valence electrons. The van der Waals surface area contributed by atoms with Gasteiger partial charge in [0.05, 0.1) is 55.3 Å². The molecular formula is C35H43F6N5O5. The predicted octanol–water partition coefficient (Wildman–Crippen LogP) is 5.33. The molecule has 2 aromatic carbocycles. The van der Waals surface area contributed by atoms with Gasteiger partial charge in [0.15, 0.2) is 0 Å². The molecule has 51 heavy (non-hydrogen) atoms. The number of nitrogens with one attached hydrogen (secondary N) is 1. The standard InChI is InChI=1S/C35H43F6N5O5/c1-23(43-51-11-10-45-29(19-48-2)21-50-22-30(45)20-49-3)17-44-8-9-46(28(18-44)14-25-16-42-32-7-5-4-6-31(25)32)33(47)24-12-26(34(36,37)38)15-27(13-24)35(39,40)41/h4-7,12-13,15-16,28-30,42H,8-11,14,17-22H2,1-3H3/t28-,29+,30+/m1/s1. The van der Waals surface area contributed by atoms with Gasteiger partial charge in [0.2, 0.25) is 0 Å². The number of alkyl halides is 6. The van der Waals surface area contributed by atoms with Gasteiger partial charge in [0, 0.05) is 75.6 Å². The van der Waals surface area contributed by atoms with E-state index in [-0.39, 0.29) is 24.7 Å². The monoisotopic (exact) mass is 727 g/mol. The molecule has 2 aliphatic rings. The lowest BCUT2D eigenvalue weighted by molar-refractivity contribution is -0.143. The smallest absolute Gasteiger partial charge is 0.394 e. The Morgan fingerprint density at radius 3 is 2.22 bits per heavy atom. The fourth-order valence-corrected chi connectivity index (χ4v) is 6.83. The number of hydrogen-bond acceptors (Lipinski definition) is 8. The maximum Gasteiger partial charge on any atom is 0.416 e. The Balaban J connectivity index is 1.30. The summed E-state index contributed by atoms with van der Waals surface area (Å²) in [7, 11) is 3.27. The summed E-state index contributed by atoms with van der Waals surface area (Å²) >= 11 is 0. The molecule has 10 nitrogen and oxygen atoms in total. The zero-order chi connectivity index (χ0) is 36.8. The molecule has 1 amide bonds. The van der Waals surface area contributed by atoms with Crippen LogP contribution < -0.4 is 0 Å². The fraction of sp³-hybridized carbons (Fsp3) is 0.543. The zero-order valence-corrected chi connectivity index (χ0v) is 28.7. The van der Waals surface area contributed by atoms with Crippen molar-refractivity contribution in [1.82, 2.24) is 19.7 Å². The molecule has 0 saturated carbocycles. The van der Waals surface area contributed by atoms with Crippen molar-refractivity contribution in [3.05, 3.63) is 70.9 Å². The number of piperazine rings is 1. The van der Waals surface area contributed by atoms with Crippen LogP contribution in [0.15, 0.2) is 53.8 Å². The lowest BCUT2D eigenvalue weighted by atomic mass is 9.98. The van der Waals surface area contributed by atoms with Crippen LogP contribution in [0, 0.1) is 0 Å². The van der Waals surface area contributed by atoms with Gasteiger partial charge in [-0.25, -0.2) is 0 Å². The largest absolute Gasteiger partial charge is 0.416 e. The molecule has 0 unspecified atom stereocenters. The van der Waals surface area contributed by atoms with Crippen molar-refractivity contribution in [2.24, 2.45) is 5.16 Å². The van der Waals surface area contributed by atoms with Crippen molar-refractivity contribution in [1.29, 1.82) is 0 Å². The minimum atomic E-state index is -5.07. The highest BCUT2D eigenvalue weighted by Gasteiger charge is 2.39. The highest BCUT2D eigenvalue weighted by molar-refractivity contribution is 5.95. The summed E-state index contributed by atoms with van der Waals surface area (Å²) in [6, 6.07) is 8.07. The number of methoxy groups -OCH3 is 2. The Morgan fingerprint density at radius 2 is 1.59 bits per heavy atom. The summed E-state index contributed by atoms with van der Waals surface area (Å²) < 4.78 is 98.4. The topological polar surface area (TPSA) is 91.9 Å². The van der Waals surface area contributed by atoms with Gasteiger partial charge in [0.1, 0.15) is 6.61 Å². The molecule has 5 rings (SSSR count). The average Bonchev–Trinajstić information content (AvgIpc) is 3.49. The third-order valence-corrected chi connectivity index (χ3v) is 9.18. The van der Waals surface area contributed by atoms with Crippen LogP contribution in [0.4, 0.5) is 26.3 Å². The van der Waals surface area contributed by atoms with Crippen molar-refractivity contribution >= 4 is 22.5 Å². The second kappa shape index (κ2) is 16.8. The molecule has 0 aliphatic carbocycles. The molecular weight excluding hydrogens is 684 g/mol. The van der Waals surface area contributed by atoms with E-state index in [1.165, 1.54) is 4.90 Å². The second-order valence-electron chi connectivity index (χ2n) is 12.9. The van der Waals surface area contributed by atoms with Crippen molar-refractivity contribution < 1.29 is 50.2 Å². The van der Waals surface area contributed by atoms with Crippen molar-refractivity contribution in [3.63, 3.8) is 0 Å². The minimum absolute atomic E-state index is 0.0270. The Kier molecular flexibility index (Phi) is 12.7. The Hall–Kier alpha value is -3.70. The maximum absolute atomic E-state index is 13.8. The predicted molar refractivity (Wildman–Crippen MR) is 178 cm³/mol. The van der Waals surface area contributed by atoms with Gasteiger partial charge in [-0.3, -0.25) is 14.6 Å². The first-order chi connectivity index (χ1) is 24.3. The number of ether oxygens (including phenoxy) is 3. The van der Waals surface area contributed by atoms with Gasteiger partial charge < -0.3 is 28.9 Å². The quantitative estimate of drug-likeness (QED) is 0.110. The molecule has 3 atom stereocenters.